The van der Waals surface area contributed by atoms with Crippen molar-refractivity contribution in [3.8, 4) is 0 Å². The van der Waals surface area contributed by atoms with E-state index in [2.05, 4.69) is 22.0 Å². The first-order valence-corrected chi connectivity index (χ1v) is 9.97. The lowest BCUT2D eigenvalue weighted by molar-refractivity contribution is -0.137. The Labute approximate surface area is 170 Å². The van der Waals surface area contributed by atoms with Crippen molar-refractivity contribution < 1.29 is 18.0 Å². The van der Waals surface area contributed by atoms with Gasteiger partial charge in [0.1, 0.15) is 0 Å². The average molecular weight is 417 g/mol. The molecule has 0 radical (unpaired) electrons. The van der Waals surface area contributed by atoms with Gasteiger partial charge in [0.2, 0.25) is 0 Å². The fourth-order valence-electron chi connectivity index (χ4n) is 3.35. The van der Waals surface area contributed by atoms with Gasteiger partial charge >= 0.3 is 6.18 Å². The maximum atomic E-state index is 13.2. The lowest BCUT2D eigenvalue weighted by Crippen LogP contribution is -2.47. The molecule has 2 aliphatic rings. The zero-order valence-electron chi connectivity index (χ0n) is 15.4. The molecule has 0 atom stereocenters. The molecule has 8 heteroatoms. The summed E-state index contributed by atoms with van der Waals surface area (Å²) in [6.07, 6.45) is -3.19. The second-order valence-electron chi connectivity index (χ2n) is 6.70. The van der Waals surface area contributed by atoms with E-state index in [0.29, 0.717) is 18.3 Å². The third-order valence-electron chi connectivity index (χ3n) is 4.83. The van der Waals surface area contributed by atoms with Crippen molar-refractivity contribution in [2.24, 2.45) is 4.99 Å². The predicted molar refractivity (Wildman–Crippen MR) is 110 cm³/mol. The highest BCUT2D eigenvalue weighted by Crippen LogP contribution is 2.36. The molecule has 29 heavy (non-hydrogen) atoms. The van der Waals surface area contributed by atoms with E-state index >= 15 is 0 Å². The van der Waals surface area contributed by atoms with E-state index in [1.54, 1.807) is 0 Å². The number of carbonyl (C=O) groups is 1. The van der Waals surface area contributed by atoms with Crippen molar-refractivity contribution in [1.29, 1.82) is 0 Å². The molecule has 2 aromatic rings. The molecule has 0 aromatic heterocycles. The van der Waals surface area contributed by atoms with Crippen molar-refractivity contribution in [2.45, 2.75) is 6.18 Å². The second-order valence-corrected chi connectivity index (χ2v) is 7.71. The summed E-state index contributed by atoms with van der Waals surface area (Å²) in [4.78, 5) is 20.8. The number of aliphatic imine (C=N–C) groups is 1. The Kier molecular flexibility index (Phi) is 5.36. The Morgan fingerprint density at radius 3 is 2.21 bits per heavy atom. The van der Waals surface area contributed by atoms with Gasteiger partial charge in [-0.25, -0.2) is 0 Å². The lowest BCUT2D eigenvalue weighted by atomic mass is 10.1. The van der Waals surface area contributed by atoms with Crippen LogP contribution in [0.1, 0.15) is 11.1 Å². The van der Waals surface area contributed by atoms with Gasteiger partial charge in [-0.15, -0.1) is 0 Å². The van der Waals surface area contributed by atoms with Crippen LogP contribution in [0.25, 0.3) is 6.08 Å². The summed E-state index contributed by atoms with van der Waals surface area (Å²) in [5.74, 6) is -0.493. The number of halogens is 3. The number of anilines is 1. The van der Waals surface area contributed by atoms with Crippen LogP contribution in [-0.4, -0.2) is 42.2 Å². The van der Waals surface area contributed by atoms with Crippen LogP contribution in [0, 0.1) is 0 Å². The number of alkyl halides is 3. The molecule has 0 saturated carbocycles. The number of benzene rings is 2. The number of carbonyl (C=O) groups excluding carboxylic acids is 1. The number of amides is 1. The van der Waals surface area contributed by atoms with Crippen molar-refractivity contribution in [3.05, 3.63) is 70.6 Å². The number of para-hydroxylation sites is 1. The summed E-state index contributed by atoms with van der Waals surface area (Å²) in [5.41, 5.74) is 0.362. The van der Waals surface area contributed by atoms with Crippen LogP contribution in [0.5, 0.6) is 0 Å². The Morgan fingerprint density at radius 1 is 0.897 bits per heavy atom. The van der Waals surface area contributed by atoms with Crippen LogP contribution < -0.4 is 4.90 Å². The molecule has 0 spiro atoms. The molecule has 150 valence electrons. The fraction of sp³-hybridized carbons (Fsp3) is 0.238. The molecule has 2 heterocycles. The molecule has 0 unspecified atom stereocenters. The van der Waals surface area contributed by atoms with Crippen molar-refractivity contribution in [2.75, 3.05) is 31.1 Å². The summed E-state index contributed by atoms with van der Waals surface area (Å²) in [7, 11) is 0. The highest BCUT2D eigenvalue weighted by Gasteiger charge is 2.34. The normalized spacial score (nSPS) is 19.1. The topological polar surface area (TPSA) is 35.9 Å². The first-order chi connectivity index (χ1) is 13.9. The Balaban J connectivity index is 1.45. The van der Waals surface area contributed by atoms with E-state index < -0.39 is 17.6 Å². The first kappa shape index (κ1) is 19.6. The molecule has 1 saturated heterocycles. The third-order valence-corrected chi connectivity index (χ3v) is 5.88. The number of amidine groups is 1. The van der Waals surface area contributed by atoms with Gasteiger partial charge in [0.05, 0.1) is 10.5 Å². The maximum absolute atomic E-state index is 13.2. The number of hydrogen-bond acceptors (Lipinski definition) is 4. The molecule has 1 fully saturated rings. The van der Waals surface area contributed by atoms with Crippen LogP contribution >= 0.6 is 11.8 Å². The third kappa shape index (κ3) is 4.32. The number of nitrogens with zero attached hydrogens (tertiary/aromatic N) is 3. The number of rotatable bonds is 2. The van der Waals surface area contributed by atoms with Gasteiger partial charge in [0.25, 0.3) is 5.91 Å². The molecule has 0 aliphatic carbocycles. The molecule has 4 rings (SSSR count). The minimum Gasteiger partial charge on any atom is -0.368 e. The van der Waals surface area contributed by atoms with Gasteiger partial charge in [-0.1, -0.05) is 36.4 Å². The molecule has 4 nitrogen and oxygen atoms in total. The largest absolute Gasteiger partial charge is 0.416 e. The van der Waals surface area contributed by atoms with E-state index in [1.807, 2.05) is 23.1 Å². The Bertz CT molecular complexity index is 965. The maximum Gasteiger partial charge on any atom is 0.416 e. The molecule has 2 aromatic carbocycles. The van der Waals surface area contributed by atoms with Crippen LogP contribution in [0.2, 0.25) is 0 Å². The molecule has 2 aliphatic heterocycles. The molecule has 1 amide bonds. The van der Waals surface area contributed by atoms with Crippen molar-refractivity contribution >= 4 is 34.6 Å². The first-order valence-electron chi connectivity index (χ1n) is 9.15. The second kappa shape index (κ2) is 7.94. The average Bonchev–Trinajstić information content (AvgIpc) is 3.09. The van der Waals surface area contributed by atoms with Gasteiger partial charge in [-0.05, 0) is 41.6 Å². The van der Waals surface area contributed by atoms with Gasteiger partial charge in [0, 0.05) is 31.9 Å². The molecular formula is C21H18F3N3OS. The van der Waals surface area contributed by atoms with E-state index in [4.69, 9.17) is 0 Å². The number of piperazine rings is 1. The molecular weight excluding hydrogens is 399 g/mol. The highest BCUT2D eigenvalue weighted by molar-refractivity contribution is 8.18. The van der Waals surface area contributed by atoms with Crippen LogP contribution in [0.4, 0.5) is 18.9 Å². The zero-order chi connectivity index (χ0) is 20.4. The Hall–Kier alpha value is -2.74. The van der Waals surface area contributed by atoms with E-state index in [0.717, 1.165) is 36.6 Å². The quantitative estimate of drug-likeness (QED) is 0.675. The van der Waals surface area contributed by atoms with Gasteiger partial charge in [0.15, 0.2) is 5.17 Å². The minimum atomic E-state index is -4.47. The van der Waals surface area contributed by atoms with E-state index in [-0.39, 0.29) is 10.5 Å². The summed E-state index contributed by atoms with van der Waals surface area (Å²) in [5, 5.41) is 0.554. The van der Waals surface area contributed by atoms with Gasteiger partial charge in [-0.2, -0.15) is 18.2 Å². The van der Waals surface area contributed by atoms with Crippen molar-refractivity contribution in [3.63, 3.8) is 0 Å². The van der Waals surface area contributed by atoms with Gasteiger partial charge < -0.3 is 9.80 Å². The fourth-order valence-corrected chi connectivity index (χ4v) is 4.31. The lowest BCUT2D eigenvalue weighted by Gasteiger charge is -2.36. The minimum absolute atomic E-state index is 0.0267. The summed E-state index contributed by atoms with van der Waals surface area (Å²) in [6.45, 7) is 2.96. The zero-order valence-corrected chi connectivity index (χ0v) is 16.2. The predicted octanol–water partition coefficient (Wildman–Crippen LogP) is 4.50. The molecule has 0 N–H and O–H groups in total. The number of thioether (sulfide) groups is 1. The summed E-state index contributed by atoms with van der Waals surface area (Å²) in [6, 6.07) is 15.3. The van der Waals surface area contributed by atoms with Gasteiger partial charge in [-0.3, -0.25) is 4.79 Å². The van der Waals surface area contributed by atoms with E-state index in [1.165, 1.54) is 24.3 Å². The monoisotopic (exact) mass is 417 g/mol. The number of hydrogen-bond donors (Lipinski definition) is 0. The SMILES string of the molecule is O=C1N=C(N2CCN(c3ccccc3)CC2)S/C1=C\c1ccccc1C(F)(F)F. The molecule has 0 bridgehead atoms. The summed E-state index contributed by atoms with van der Waals surface area (Å²) >= 11 is 1.14. The smallest absolute Gasteiger partial charge is 0.368 e. The summed E-state index contributed by atoms with van der Waals surface area (Å²) < 4.78 is 39.6. The van der Waals surface area contributed by atoms with Crippen LogP contribution in [0.15, 0.2) is 64.5 Å². The Morgan fingerprint density at radius 2 is 1.52 bits per heavy atom. The van der Waals surface area contributed by atoms with E-state index in [9.17, 15) is 18.0 Å². The highest BCUT2D eigenvalue weighted by atomic mass is 32.2. The standard InChI is InChI=1S/C21H18F3N3OS/c22-21(23,24)17-9-5-4-6-15(17)14-18-19(28)25-20(29-18)27-12-10-26(11-13-27)16-7-2-1-3-8-16/h1-9,14H,10-13H2/b18-14-. The van der Waals surface area contributed by atoms with Crippen LogP contribution in [-0.2, 0) is 11.0 Å². The van der Waals surface area contributed by atoms with Crippen molar-refractivity contribution in [1.82, 2.24) is 4.90 Å². The van der Waals surface area contributed by atoms with Crippen LogP contribution in [0.3, 0.4) is 0 Å².